The second-order valence-electron chi connectivity index (χ2n) is 4.02. The summed E-state index contributed by atoms with van der Waals surface area (Å²) in [6.45, 7) is 6.64. The Bertz CT molecular complexity index is 172. The van der Waals surface area contributed by atoms with Crippen LogP contribution >= 0.6 is 0 Å². The molecule has 0 saturated heterocycles. The molecule has 0 rings (SSSR count). The Morgan fingerprint density at radius 2 is 2.00 bits per heavy atom. The molecule has 0 saturated carbocycles. The number of likely N-dealkylation sites (N-methyl/N-ethyl adjacent to an activating group) is 1. The second kappa shape index (κ2) is 6.79. The molecule has 4 heteroatoms. The van der Waals surface area contributed by atoms with E-state index in [1.54, 1.807) is 7.05 Å². The van der Waals surface area contributed by atoms with Gasteiger partial charge in [-0.2, -0.15) is 0 Å². The quantitative estimate of drug-likeness (QED) is 0.632. The lowest BCUT2D eigenvalue weighted by atomic mass is 10.1. The molecule has 0 aromatic heterocycles. The predicted octanol–water partition coefficient (Wildman–Crippen LogP) is 0.511. The SMILES string of the molecule is CNC(COC(C)CC(C)C)C(N)=O. The number of nitrogens with one attached hydrogen (secondary N) is 1. The van der Waals surface area contributed by atoms with Crippen molar-refractivity contribution in [1.82, 2.24) is 5.32 Å². The minimum atomic E-state index is -0.385. The molecule has 0 aliphatic carbocycles. The third-order valence-corrected chi connectivity index (χ3v) is 2.04. The molecule has 0 aliphatic heterocycles. The van der Waals surface area contributed by atoms with Crippen molar-refractivity contribution in [2.75, 3.05) is 13.7 Å². The van der Waals surface area contributed by atoms with Gasteiger partial charge in [-0.25, -0.2) is 0 Å². The third kappa shape index (κ3) is 5.94. The van der Waals surface area contributed by atoms with E-state index in [0.717, 1.165) is 6.42 Å². The number of amides is 1. The van der Waals surface area contributed by atoms with E-state index in [4.69, 9.17) is 10.5 Å². The molecule has 0 heterocycles. The summed E-state index contributed by atoms with van der Waals surface area (Å²) < 4.78 is 5.50. The van der Waals surface area contributed by atoms with Crippen molar-refractivity contribution < 1.29 is 9.53 Å². The summed E-state index contributed by atoms with van der Waals surface area (Å²) in [7, 11) is 1.70. The minimum Gasteiger partial charge on any atom is -0.376 e. The fourth-order valence-electron chi connectivity index (χ4n) is 1.30. The first-order chi connectivity index (χ1) is 6.47. The van der Waals surface area contributed by atoms with Crippen LogP contribution in [0.3, 0.4) is 0 Å². The topological polar surface area (TPSA) is 64.3 Å². The Morgan fingerprint density at radius 1 is 1.43 bits per heavy atom. The lowest BCUT2D eigenvalue weighted by molar-refractivity contribution is -0.121. The van der Waals surface area contributed by atoms with Crippen LogP contribution in [0.4, 0.5) is 0 Å². The summed E-state index contributed by atoms with van der Waals surface area (Å²) in [6, 6.07) is -0.385. The van der Waals surface area contributed by atoms with E-state index in [9.17, 15) is 4.79 Å². The molecule has 3 N–H and O–H groups in total. The van der Waals surface area contributed by atoms with Crippen molar-refractivity contribution in [2.24, 2.45) is 11.7 Å². The average molecular weight is 202 g/mol. The van der Waals surface area contributed by atoms with E-state index in [1.807, 2.05) is 6.92 Å². The molecule has 0 spiro atoms. The number of hydrogen-bond donors (Lipinski definition) is 2. The van der Waals surface area contributed by atoms with Crippen LogP contribution in [0.5, 0.6) is 0 Å². The average Bonchev–Trinajstić information content (AvgIpc) is 2.03. The maximum atomic E-state index is 10.8. The van der Waals surface area contributed by atoms with Gasteiger partial charge in [-0.3, -0.25) is 4.79 Å². The van der Waals surface area contributed by atoms with Crippen molar-refractivity contribution in [3.05, 3.63) is 0 Å². The Kier molecular flexibility index (Phi) is 6.49. The Hall–Kier alpha value is -0.610. The van der Waals surface area contributed by atoms with Crippen molar-refractivity contribution in [1.29, 1.82) is 0 Å². The van der Waals surface area contributed by atoms with Crippen LogP contribution < -0.4 is 11.1 Å². The molecule has 0 aliphatic rings. The van der Waals surface area contributed by atoms with E-state index in [-0.39, 0.29) is 18.1 Å². The van der Waals surface area contributed by atoms with Gasteiger partial charge >= 0.3 is 0 Å². The normalized spacial score (nSPS) is 15.5. The number of carbonyl (C=O) groups is 1. The number of carbonyl (C=O) groups excluding carboxylic acids is 1. The van der Waals surface area contributed by atoms with E-state index in [0.29, 0.717) is 12.5 Å². The van der Waals surface area contributed by atoms with Gasteiger partial charge in [0, 0.05) is 0 Å². The number of primary amides is 1. The van der Waals surface area contributed by atoms with Crippen molar-refractivity contribution in [3.63, 3.8) is 0 Å². The van der Waals surface area contributed by atoms with Crippen LogP contribution in [-0.4, -0.2) is 31.7 Å². The van der Waals surface area contributed by atoms with Gasteiger partial charge in [0.15, 0.2) is 0 Å². The summed E-state index contributed by atoms with van der Waals surface area (Å²) in [5.74, 6) is 0.232. The van der Waals surface area contributed by atoms with Crippen LogP contribution in [0.2, 0.25) is 0 Å². The molecule has 1 amide bonds. The van der Waals surface area contributed by atoms with Gasteiger partial charge in [-0.1, -0.05) is 13.8 Å². The summed E-state index contributed by atoms with van der Waals surface area (Å²) in [5.41, 5.74) is 5.15. The van der Waals surface area contributed by atoms with Crippen molar-refractivity contribution in [3.8, 4) is 0 Å². The molecule has 14 heavy (non-hydrogen) atoms. The molecular formula is C10H22N2O2. The first-order valence-corrected chi connectivity index (χ1v) is 5.05. The molecule has 0 fully saturated rings. The molecule has 0 aromatic carbocycles. The van der Waals surface area contributed by atoms with Gasteiger partial charge in [-0.15, -0.1) is 0 Å². The highest BCUT2D eigenvalue weighted by molar-refractivity contribution is 5.79. The molecule has 4 nitrogen and oxygen atoms in total. The van der Waals surface area contributed by atoms with Crippen molar-refractivity contribution in [2.45, 2.75) is 39.3 Å². The van der Waals surface area contributed by atoms with Gasteiger partial charge in [0.05, 0.1) is 12.7 Å². The fourth-order valence-corrected chi connectivity index (χ4v) is 1.30. The zero-order valence-corrected chi connectivity index (χ0v) is 9.54. The maximum Gasteiger partial charge on any atom is 0.236 e. The molecular weight excluding hydrogens is 180 g/mol. The van der Waals surface area contributed by atoms with E-state index >= 15 is 0 Å². The number of hydrogen-bond acceptors (Lipinski definition) is 3. The largest absolute Gasteiger partial charge is 0.376 e. The van der Waals surface area contributed by atoms with Crippen LogP contribution in [0.1, 0.15) is 27.2 Å². The van der Waals surface area contributed by atoms with Gasteiger partial charge in [-0.05, 0) is 26.3 Å². The Morgan fingerprint density at radius 3 is 2.36 bits per heavy atom. The van der Waals surface area contributed by atoms with E-state index in [1.165, 1.54) is 0 Å². The minimum absolute atomic E-state index is 0.171. The summed E-state index contributed by atoms with van der Waals surface area (Å²) in [4.78, 5) is 10.8. The summed E-state index contributed by atoms with van der Waals surface area (Å²) in [6.07, 6.45) is 1.17. The van der Waals surface area contributed by atoms with E-state index < -0.39 is 0 Å². The lowest BCUT2D eigenvalue weighted by Gasteiger charge is -2.18. The lowest BCUT2D eigenvalue weighted by Crippen LogP contribution is -2.43. The first-order valence-electron chi connectivity index (χ1n) is 5.05. The maximum absolute atomic E-state index is 10.8. The van der Waals surface area contributed by atoms with E-state index in [2.05, 4.69) is 19.2 Å². The standard InChI is InChI=1S/C10H22N2O2/c1-7(2)5-8(3)14-6-9(12-4)10(11)13/h7-9,12H,5-6H2,1-4H3,(H2,11,13). The molecule has 0 radical (unpaired) electrons. The number of rotatable bonds is 7. The van der Waals surface area contributed by atoms with Gasteiger partial charge in [0.2, 0.25) is 5.91 Å². The molecule has 0 aromatic rings. The highest BCUT2D eigenvalue weighted by Crippen LogP contribution is 2.07. The second-order valence-corrected chi connectivity index (χ2v) is 4.02. The zero-order chi connectivity index (χ0) is 11.1. The van der Waals surface area contributed by atoms with Crippen LogP contribution in [-0.2, 0) is 9.53 Å². The monoisotopic (exact) mass is 202 g/mol. The van der Waals surface area contributed by atoms with Gasteiger partial charge < -0.3 is 15.8 Å². The zero-order valence-electron chi connectivity index (χ0n) is 9.54. The first kappa shape index (κ1) is 13.4. The van der Waals surface area contributed by atoms with Gasteiger partial charge in [0.1, 0.15) is 6.04 Å². The number of ether oxygens (including phenoxy) is 1. The van der Waals surface area contributed by atoms with Crippen LogP contribution in [0.25, 0.3) is 0 Å². The summed E-state index contributed by atoms with van der Waals surface area (Å²) in [5, 5.41) is 2.81. The highest BCUT2D eigenvalue weighted by Gasteiger charge is 2.14. The third-order valence-electron chi connectivity index (χ3n) is 2.04. The Labute approximate surface area is 86.2 Å². The van der Waals surface area contributed by atoms with Gasteiger partial charge in [0.25, 0.3) is 0 Å². The van der Waals surface area contributed by atoms with Crippen LogP contribution in [0, 0.1) is 5.92 Å². The molecule has 2 atom stereocenters. The van der Waals surface area contributed by atoms with Crippen LogP contribution in [0.15, 0.2) is 0 Å². The summed E-state index contributed by atoms with van der Waals surface area (Å²) >= 11 is 0. The number of nitrogens with two attached hydrogens (primary N) is 1. The molecule has 2 unspecified atom stereocenters. The smallest absolute Gasteiger partial charge is 0.236 e. The highest BCUT2D eigenvalue weighted by atomic mass is 16.5. The predicted molar refractivity (Wildman–Crippen MR) is 56.9 cm³/mol. The molecule has 84 valence electrons. The molecule has 0 bridgehead atoms. The fraction of sp³-hybridized carbons (Fsp3) is 0.900. The van der Waals surface area contributed by atoms with Crippen molar-refractivity contribution >= 4 is 5.91 Å². The Balaban J connectivity index is 3.73.